The van der Waals surface area contributed by atoms with Crippen LogP contribution in [0.25, 0.3) is 11.1 Å². The predicted molar refractivity (Wildman–Crippen MR) is 98.0 cm³/mol. The molecule has 0 heterocycles. The molecule has 0 saturated carbocycles. The van der Waals surface area contributed by atoms with E-state index in [4.69, 9.17) is 0 Å². The van der Waals surface area contributed by atoms with E-state index in [2.05, 4.69) is 93.6 Å². The average molecular weight is 298 g/mol. The van der Waals surface area contributed by atoms with Gasteiger partial charge in [0, 0.05) is 5.41 Å². The molecule has 114 valence electrons. The van der Waals surface area contributed by atoms with E-state index >= 15 is 0 Å². The highest BCUT2D eigenvalue weighted by atomic mass is 14.4. The Morgan fingerprint density at radius 3 is 1.57 bits per heavy atom. The van der Waals surface area contributed by atoms with Crippen molar-refractivity contribution in [1.29, 1.82) is 0 Å². The molecule has 0 heteroatoms. The molecular formula is C23H22. The van der Waals surface area contributed by atoms with Gasteiger partial charge >= 0.3 is 0 Å². The molecule has 0 atom stereocenters. The Balaban J connectivity index is 2.09. The maximum Gasteiger partial charge on any atom is 0.0438 e. The van der Waals surface area contributed by atoms with E-state index in [0.29, 0.717) is 5.92 Å². The van der Waals surface area contributed by atoms with Crippen molar-refractivity contribution in [1.82, 2.24) is 0 Å². The molecule has 0 spiro atoms. The van der Waals surface area contributed by atoms with Crippen molar-refractivity contribution in [2.24, 2.45) is 0 Å². The van der Waals surface area contributed by atoms with Crippen LogP contribution in [0, 0.1) is 0 Å². The van der Waals surface area contributed by atoms with E-state index in [0.717, 1.165) is 0 Å². The minimum absolute atomic E-state index is 0.0753. The van der Waals surface area contributed by atoms with Gasteiger partial charge in [0.25, 0.3) is 0 Å². The zero-order valence-electron chi connectivity index (χ0n) is 14.0. The fourth-order valence-electron chi connectivity index (χ4n) is 4.20. The van der Waals surface area contributed by atoms with Crippen LogP contribution in [0.5, 0.6) is 0 Å². The molecule has 0 aromatic heterocycles. The van der Waals surface area contributed by atoms with Crippen molar-refractivity contribution < 1.29 is 0 Å². The minimum atomic E-state index is -0.0753. The lowest BCUT2D eigenvalue weighted by Crippen LogP contribution is -2.24. The predicted octanol–water partition coefficient (Wildman–Crippen LogP) is 6.14. The Bertz CT molecular complexity index is 825. The van der Waals surface area contributed by atoms with Gasteiger partial charge in [0.2, 0.25) is 0 Å². The molecule has 0 aliphatic heterocycles. The topological polar surface area (TPSA) is 0 Å². The Kier molecular flexibility index (Phi) is 3.16. The largest absolute Gasteiger partial charge is 0.0620 e. The molecule has 23 heavy (non-hydrogen) atoms. The molecule has 0 saturated heterocycles. The Morgan fingerprint density at radius 2 is 1.04 bits per heavy atom. The summed E-state index contributed by atoms with van der Waals surface area (Å²) in [6.07, 6.45) is 0. The summed E-state index contributed by atoms with van der Waals surface area (Å²) in [6, 6.07) is 26.7. The Hall–Kier alpha value is -2.34. The van der Waals surface area contributed by atoms with Gasteiger partial charge < -0.3 is 0 Å². The molecule has 0 unspecified atom stereocenters. The Morgan fingerprint density at radius 1 is 0.609 bits per heavy atom. The van der Waals surface area contributed by atoms with Gasteiger partial charge in [0.15, 0.2) is 0 Å². The van der Waals surface area contributed by atoms with Crippen LogP contribution < -0.4 is 0 Å². The number of rotatable bonds is 2. The SMILES string of the molecule is CC(C)c1ccccc1C1(C)c2ccccc2-c2ccccc21. The van der Waals surface area contributed by atoms with E-state index in [-0.39, 0.29) is 5.41 Å². The molecular weight excluding hydrogens is 276 g/mol. The van der Waals surface area contributed by atoms with Crippen LogP contribution >= 0.6 is 0 Å². The van der Waals surface area contributed by atoms with E-state index in [1.165, 1.54) is 33.4 Å². The summed E-state index contributed by atoms with van der Waals surface area (Å²) in [6.45, 7) is 6.96. The molecule has 0 radical (unpaired) electrons. The van der Waals surface area contributed by atoms with Crippen LogP contribution in [-0.2, 0) is 5.41 Å². The summed E-state index contributed by atoms with van der Waals surface area (Å²) < 4.78 is 0. The van der Waals surface area contributed by atoms with Gasteiger partial charge in [0.05, 0.1) is 0 Å². The van der Waals surface area contributed by atoms with Gasteiger partial charge in [-0.15, -0.1) is 0 Å². The number of hydrogen-bond donors (Lipinski definition) is 0. The first-order chi connectivity index (χ1) is 11.1. The smallest absolute Gasteiger partial charge is 0.0438 e. The van der Waals surface area contributed by atoms with Crippen LogP contribution in [0.4, 0.5) is 0 Å². The van der Waals surface area contributed by atoms with Crippen molar-refractivity contribution in [2.75, 3.05) is 0 Å². The normalized spacial score (nSPS) is 14.6. The van der Waals surface area contributed by atoms with Gasteiger partial charge in [-0.05, 0) is 46.2 Å². The van der Waals surface area contributed by atoms with Gasteiger partial charge in [0.1, 0.15) is 0 Å². The lowest BCUT2D eigenvalue weighted by Gasteiger charge is -2.31. The summed E-state index contributed by atoms with van der Waals surface area (Å²) in [5.41, 5.74) is 8.42. The molecule has 0 nitrogen and oxygen atoms in total. The van der Waals surface area contributed by atoms with Crippen molar-refractivity contribution in [3.63, 3.8) is 0 Å². The molecule has 0 N–H and O–H groups in total. The molecule has 3 aromatic rings. The summed E-state index contributed by atoms with van der Waals surface area (Å²) in [5, 5.41) is 0. The van der Waals surface area contributed by atoms with E-state index in [1.807, 2.05) is 0 Å². The third-order valence-corrected chi connectivity index (χ3v) is 5.34. The second kappa shape index (κ2) is 5.09. The second-order valence-electron chi connectivity index (χ2n) is 6.96. The summed E-state index contributed by atoms with van der Waals surface area (Å²) >= 11 is 0. The summed E-state index contributed by atoms with van der Waals surface area (Å²) in [5.74, 6) is 0.517. The highest BCUT2D eigenvalue weighted by molar-refractivity contribution is 5.83. The van der Waals surface area contributed by atoms with Crippen LogP contribution in [0.1, 0.15) is 48.9 Å². The van der Waals surface area contributed by atoms with Gasteiger partial charge in [-0.3, -0.25) is 0 Å². The highest BCUT2D eigenvalue weighted by Crippen LogP contribution is 2.53. The third-order valence-electron chi connectivity index (χ3n) is 5.34. The number of hydrogen-bond acceptors (Lipinski definition) is 0. The van der Waals surface area contributed by atoms with Gasteiger partial charge in [-0.25, -0.2) is 0 Å². The zero-order chi connectivity index (χ0) is 16.0. The highest BCUT2D eigenvalue weighted by Gasteiger charge is 2.41. The fourth-order valence-corrected chi connectivity index (χ4v) is 4.20. The lowest BCUT2D eigenvalue weighted by atomic mass is 9.71. The Labute approximate surface area is 138 Å². The molecule has 0 bridgehead atoms. The fraction of sp³-hybridized carbons (Fsp3) is 0.217. The summed E-state index contributed by atoms with van der Waals surface area (Å²) in [7, 11) is 0. The van der Waals surface area contributed by atoms with E-state index < -0.39 is 0 Å². The van der Waals surface area contributed by atoms with Crippen molar-refractivity contribution >= 4 is 0 Å². The number of fused-ring (bicyclic) bond motifs is 3. The number of benzene rings is 3. The summed E-state index contributed by atoms with van der Waals surface area (Å²) in [4.78, 5) is 0. The zero-order valence-corrected chi connectivity index (χ0v) is 14.0. The molecule has 3 aromatic carbocycles. The van der Waals surface area contributed by atoms with Crippen LogP contribution in [0.2, 0.25) is 0 Å². The van der Waals surface area contributed by atoms with Crippen LogP contribution in [0.15, 0.2) is 72.8 Å². The van der Waals surface area contributed by atoms with E-state index in [9.17, 15) is 0 Å². The van der Waals surface area contributed by atoms with Crippen molar-refractivity contribution in [3.05, 3.63) is 95.1 Å². The maximum absolute atomic E-state index is 2.39. The molecule has 0 amide bonds. The average Bonchev–Trinajstić information content (AvgIpc) is 2.86. The third kappa shape index (κ3) is 1.91. The maximum atomic E-state index is 2.39. The van der Waals surface area contributed by atoms with Gasteiger partial charge in [-0.1, -0.05) is 86.6 Å². The van der Waals surface area contributed by atoms with Gasteiger partial charge in [-0.2, -0.15) is 0 Å². The lowest BCUT2D eigenvalue weighted by molar-refractivity contribution is 0.687. The van der Waals surface area contributed by atoms with E-state index in [1.54, 1.807) is 0 Å². The van der Waals surface area contributed by atoms with Crippen molar-refractivity contribution in [3.8, 4) is 11.1 Å². The molecule has 1 aliphatic carbocycles. The first-order valence-electron chi connectivity index (χ1n) is 8.43. The second-order valence-corrected chi connectivity index (χ2v) is 6.96. The monoisotopic (exact) mass is 298 g/mol. The van der Waals surface area contributed by atoms with Crippen molar-refractivity contribution in [2.45, 2.75) is 32.1 Å². The minimum Gasteiger partial charge on any atom is -0.0620 e. The molecule has 4 rings (SSSR count). The molecule has 1 aliphatic rings. The standard InChI is InChI=1S/C23H22/c1-16(2)17-10-4-7-13-20(17)23(3)21-14-8-5-11-18(21)19-12-6-9-15-22(19)23/h4-16H,1-3H3. The first-order valence-corrected chi connectivity index (χ1v) is 8.43. The van der Waals surface area contributed by atoms with Crippen LogP contribution in [-0.4, -0.2) is 0 Å². The molecule has 0 fully saturated rings. The van der Waals surface area contributed by atoms with Crippen LogP contribution in [0.3, 0.4) is 0 Å². The first kappa shape index (κ1) is 14.3. The quantitative estimate of drug-likeness (QED) is 0.532.